The molecule has 0 spiro atoms. The Kier molecular flexibility index (Phi) is 3.91. The van der Waals surface area contributed by atoms with Gasteiger partial charge in [-0.15, -0.1) is 0 Å². The third kappa shape index (κ3) is 2.86. The molecule has 4 rings (SSSR count). The van der Waals surface area contributed by atoms with E-state index in [0.29, 0.717) is 18.1 Å². The Labute approximate surface area is 144 Å². The average Bonchev–Trinajstić information content (AvgIpc) is 3.41. The Morgan fingerprint density at radius 2 is 2.12 bits per heavy atom. The topological polar surface area (TPSA) is 85.5 Å². The summed E-state index contributed by atoms with van der Waals surface area (Å²) in [5, 5.41) is 8.01. The van der Waals surface area contributed by atoms with Crippen LogP contribution in [0, 0.1) is 0 Å². The molecule has 0 N–H and O–H groups in total. The SMILES string of the molecule is CC(C)c1cc(C2CCCN2C(=O)c2cc(-c3ccco3)on2)on1. The molecule has 1 aliphatic rings. The molecule has 0 saturated carbocycles. The van der Waals surface area contributed by atoms with Crippen molar-refractivity contribution in [2.24, 2.45) is 0 Å². The van der Waals surface area contributed by atoms with Crippen molar-refractivity contribution in [2.45, 2.75) is 38.6 Å². The number of carbonyl (C=O) groups excluding carboxylic acids is 1. The first-order valence-electron chi connectivity index (χ1n) is 8.41. The van der Waals surface area contributed by atoms with E-state index in [9.17, 15) is 4.79 Å². The first-order valence-corrected chi connectivity index (χ1v) is 8.41. The van der Waals surface area contributed by atoms with Gasteiger partial charge in [-0.25, -0.2) is 0 Å². The monoisotopic (exact) mass is 341 g/mol. The van der Waals surface area contributed by atoms with E-state index in [1.165, 1.54) is 0 Å². The summed E-state index contributed by atoms with van der Waals surface area (Å²) >= 11 is 0. The van der Waals surface area contributed by atoms with Crippen molar-refractivity contribution < 1.29 is 18.3 Å². The summed E-state index contributed by atoms with van der Waals surface area (Å²) in [5.74, 6) is 1.82. The van der Waals surface area contributed by atoms with E-state index in [1.807, 2.05) is 6.07 Å². The molecule has 1 aliphatic heterocycles. The van der Waals surface area contributed by atoms with Crippen LogP contribution in [0.5, 0.6) is 0 Å². The van der Waals surface area contributed by atoms with Crippen molar-refractivity contribution in [1.82, 2.24) is 15.2 Å². The summed E-state index contributed by atoms with van der Waals surface area (Å²) in [7, 11) is 0. The molecule has 7 nitrogen and oxygen atoms in total. The van der Waals surface area contributed by atoms with Crippen LogP contribution >= 0.6 is 0 Å². The highest BCUT2D eigenvalue weighted by molar-refractivity contribution is 5.93. The van der Waals surface area contributed by atoms with Gasteiger partial charge in [0.25, 0.3) is 5.91 Å². The minimum atomic E-state index is -0.174. The van der Waals surface area contributed by atoms with Gasteiger partial charge in [0.05, 0.1) is 18.0 Å². The van der Waals surface area contributed by atoms with E-state index in [0.717, 1.165) is 24.3 Å². The van der Waals surface area contributed by atoms with Gasteiger partial charge in [-0.05, 0) is 30.9 Å². The Balaban J connectivity index is 1.56. The van der Waals surface area contributed by atoms with Crippen LogP contribution in [0.1, 0.15) is 60.6 Å². The van der Waals surface area contributed by atoms with Crippen molar-refractivity contribution in [2.75, 3.05) is 6.54 Å². The first-order chi connectivity index (χ1) is 12.1. The molecule has 1 unspecified atom stereocenters. The highest BCUT2D eigenvalue weighted by Gasteiger charge is 2.35. The summed E-state index contributed by atoms with van der Waals surface area (Å²) in [6.45, 7) is 4.78. The van der Waals surface area contributed by atoms with Crippen LogP contribution in [0.15, 0.2) is 44.0 Å². The average molecular weight is 341 g/mol. The Bertz CT molecular complexity index is 863. The van der Waals surface area contributed by atoms with E-state index in [4.69, 9.17) is 13.5 Å². The Morgan fingerprint density at radius 1 is 1.24 bits per heavy atom. The minimum absolute atomic E-state index is 0.115. The lowest BCUT2D eigenvalue weighted by Gasteiger charge is -2.21. The van der Waals surface area contributed by atoms with Gasteiger partial charge in [0, 0.05) is 18.7 Å². The molecule has 4 heterocycles. The third-order valence-corrected chi connectivity index (χ3v) is 4.47. The molecule has 3 aromatic rings. The van der Waals surface area contributed by atoms with Crippen LogP contribution in [-0.4, -0.2) is 27.7 Å². The molecule has 0 aliphatic carbocycles. The predicted molar refractivity (Wildman–Crippen MR) is 87.8 cm³/mol. The van der Waals surface area contributed by atoms with Gasteiger partial charge in [-0.3, -0.25) is 4.79 Å². The minimum Gasteiger partial charge on any atom is -0.461 e. The maximum absolute atomic E-state index is 12.9. The van der Waals surface area contributed by atoms with E-state index in [-0.39, 0.29) is 23.6 Å². The number of furan rings is 1. The number of rotatable bonds is 4. The maximum Gasteiger partial charge on any atom is 0.276 e. The fourth-order valence-electron chi connectivity index (χ4n) is 3.10. The van der Waals surface area contributed by atoms with Crippen molar-refractivity contribution in [3.8, 4) is 11.5 Å². The number of aromatic nitrogens is 2. The fraction of sp³-hybridized carbons (Fsp3) is 0.389. The molecular weight excluding hydrogens is 322 g/mol. The number of likely N-dealkylation sites (tertiary alicyclic amines) is 1. The normalized spacial score (nSPS) is 17.6. The molecule has 25 heavy (non-hydrogen) atoms. The van der Waals surface area contributed by atoms with Gasteiger partial charge < -0.3 is 18.4 Å². The van der Waals surface area contributed by atoms with E-state index < -0.39 is 0 Å². The number of amides is 1. The number of hydrogen-bond donors (Lipinski definition) is 0. The van der Waals surface area contributed by atoms with Gasteiger partial charge in [0.1, 0.15) is 0 Å². The second-order valence-corrected chi connectivity index (χ2v) is 6.52. The lowest BCUT2D eigenvalue weighted by atomic mass is 10.1. The zero-order valence-corrected chi connectivity index (χ0v) is 14.1. The van der Waals surface area contributed by atoms with Crippen molar-refractivity contribution in [3.05, 3.63) is 47.7 Å². The van der Waals surface area contributed by atoms with E-state index >= 15 is 0 Å². The van der Waals surface area contributed by atoms with Crippen LogP contribution in [0.2, 0.25) is 0 Å². The molecule has 0 radical (unpaired) electrons. The first kappa shape index (κ1) is 15.7. The summed E-state index contributed by atoms with van der Waals surface area (Å²) in [6.07, 6.45) is 3.31. The van der Waals surface area contributed by atoms with Crippen molar-refractivity contribution >= 4 is 5.91 Å². The largest absolute Gasteiger partial charge is 0.461 e. The molecule has 1 amide bonds. The zero-order chi connectivity index (χ0) is 17.4. The smallest absolute Gasteiger partial charge is 0.276 e. The Hall–Kier alpha value is -2.83. The Morgan fingerprint density at radius 3 is 2.84 bits per heavy atom. The molecule has 1 atom stereocenters. The second kappa shape index (κ2) is 6.23. The van der Waals surface area contributed by atoms with Crippen LogP contribution in [0.25, 0.3) is 11.5 Å². The summed E-state index contributed by atoms with van der Waals surface area (Å²) in [6, 6.07) is 6.95. The van der Waals surface area contributed by atoms with Gasteiger partial charge in [-0.1, -0.05) is 24.2 Å². The van der Waals surface area contributed by atoms with Crippen LogP contribution in [0.3, 0.4) is 0 Å². The van der Waals surface area contributed by atoms with Crippen LogP contribution < -0.4 is 0 Å². The standard InChI is InChI=1S/C18H19N3O4/c1-11(2)12-9-16(24-19-12)14-5-3-7-21(14)18(22)13-10-17(25-20-13)15-6-4-8-23-15/h4,6,8-11,14H,3,5,7H2,1-2H3. The van der Waals surface area contributed by atoms with Gasteiger partial charge in [-0.2, -0.15) is 0 Å². The lowest BCUT2D eigenvalue weighted by Crippen LogP contribution is -2.30. The lowest BCUT2D eigenvalue weighted by molar-refractivity contribution is 0.0704. The molecule has 0 aromatic carbocycles. The summed E-state index contributed by atoms with van der Waals surface area (Å²) in [4.78, 5) is 14.6. The van der Waals surface area contributed by atoms with Gasteiger partial charge in [0.2, 0.25) is 5.76 Å². The number of carbonyl (C=O) groups is 1. The molecule has 0 bridgehead atoms. The van der Waals surface area contributed by atoms with Gasteiger partial charge >= 0.3 is 0 Å². The molecule has 3 aromatic heterocycles. The van der Waals surface area contributed by atoms with E-state index in [1.54, 1.807) is 29.4 Å². The van der Waals surface area contributed by atoms with Crippen molar-refractivity contribution in [1.29, 1.82) is 0 Å². The highest BCUT2D eigenvalue weighted by Crippen LogP contribution is 2.34. The molecule has 1 fully saturated rings. The summed E-state index contributed by atoms with van der Waals surface area (Å²) in [5.41, 5.74) is 1.16. The maximum atomic E-state index is 12.9. The number of nitrogens with zero attached hydrogens (tertiary/aromatic N) is 3. The highest BCUT2D eigenvalue weighted by atomic mass is 16.5. The van der Waals surface area contributed by atoms with E-state index in [2.05, 4.69) is 24.2 Å². The third-order valence-electron chi connectivity index (χ3n) is 4.47. The molecule has 7 heteroatoms. The van der Waals surface area contributed by atoms with Crippen molar-refractivity contribution in [3.63, 3.8) is 0 Å². The van der Waals surface area contributed by atoms with Crippen LogP contribution in [0.4, 0.5) is 0 Å². The van der Waals surface area contributed by atoms with Crippen LogP contribution in [-0.2, 0) is 0 Å². The number of hydrogen-bond acceptors (Lipinski definition) is 6. The zero-order valence-electron chi connectivity index (χ0n) is 14.1. The van der Waals surface area contributed by atoms with Gasteiger partial charge in [0.15, 0.2) is 17.2 Å². The second-order valence-electron chi connectivity index (χ2n) is 6.52. The quantitative estimate of drug-likeness (QED) is 0.712. The predicted octanol–water partition coefficient (Wildman–Crippen LogP) is 4.02. The fourth-order valence-corrected chi connectivity index (χ4v) is 3.10. The molecular formula is C18H19N3O4. The summed E-state index contributed by atoms with van der Waals surface area (Å²) < 4.78 is 16.0. The molecule has 1 saturated heterocycles. The molecule has 130 valence electrons.